The molecule has 1 amide bonds. The van der Waals surface area contributed by atoms with E-state index in [0.29, 0.717) is 11.6 Å². The summed E-state index contributed by atoms with van der Waals surface area (Å²) in [5.41, 5.74) is 7.82. The summed E-state index contributed by atoms with van der Waals surface area (Å²) in [6.07, 6.45) is 5.20. The molecule has 23 heavy (non-hydrogen) atoms. The number of primary amides is 1. The Balaban J connectivity index is 0.000000174. The zero-order valence-electron chi connectivity index (χ0n) is 13.5. The van der Waals surface area contributed by atoms with Crippen LogP contribution < -0.4 is 5.73 Å². The fraction of sp³-hybridized carbons (Fsp3) is 0.294. The molecule has 2 heterocycles. The monoisotopic (exact) mass is 376 g/mol. The van der Waals surface area contributed by atoms with E-state index in [1.165, 1.54) is 12.0 Å². The molecule has 0 aliphatic carbocycles. The van der Waals surface area contributed by atoms with Crippen molar-refractivity contribution in [3.8, 4) is 0 Å². The van der Waals surface area contributed by atoms with Gasteiger partial charge in [-0.25, -0.2) is 0 Å². The highest BCUT2D eigenvalue weighted by Crippen LogP contribution is 2.20. The van der Waals surface area contributed by atoms with Crippen LogP contribution in [0.5, 0.6) is 0 Å². The molecule has 1 atom stereocenters. The second-order valence-corrected chi connectivity index (χ2v) is 6.45. The fourth-order valence-corrected chi connectivity index (χ4v) is 2.55. The van der Waals surface area contributed by atoms with Crippen LogP contribution in [0, 0.1) is 0 Å². The van der Waals surface area contributed by atoms with Gasteiger partial charge in [-0.3, -0.25) is 9.48 Å². The Bertz CT molecular complexity index is 806. The van der Waals surface area contributed by atoms with Gasteiger partial charge in [0.2, 0.25) is 0 Å². The quantitative estimate of drug-likeness (QED) is 0.725. The number of H-pyrrole nitrogens is 1. The number of aromatic nitrogens is 3. The van der Waals surface area contributed by atoms with Gasteiger partial charge < -0.3 is 10.7 Å². The first-order chi connectivity index (χ1) is 10.9. The van der Waals surface area contributed by atoms with Crippen LogP contribution >= 0.6 is 15.9 Å². The van der Waals surface area contributed by atoms with Gasteiger partial charge in [0.25, 0.3) is 5.91 Å². The number of carbonyl (C=O) groups is 1. The van der Waals surface area contributed by atoms with Crippen LogP contribution in [0.15, 0.2) is 41.1 Å². The fourth-order valence-electron chi connectivity index (χ4n) is 2.17. The smallest absolute Gasteiger partial charge is 0.265 e. The number of hydrogen-bond acceptors (Lipinski definition) is 2. The molecule has 3 rings (SSSR count). The molecule has 3 N–H and O–H groups in total. The zero-order chi connectivity index (χ0) is 17.0. The van der Waals surface area contributed by atoms with E-state index in [1.807, 2.05) is 36.1 Å². The van der Waals surface area contributed by atoms with Gasteiger partial charge in [0.05, 0.1) is 6.20 Å². The number of aryl methyl sites for hydroxylation is 1. The third-order valence-electron chi connectivity index (χ3n) is 3.75. The average Bonchev–Trinajstić information content (AvgIpc) is 3.12. The Morgan fingerprint density at radius 2 is 2.17 bits per heavy atom. The van der Waals surface area contributed by atoms with Crippen molar-refractivity contribution in [1.29, 1.82) is 0 Å². The number of carbonyl (C=O) groups excluding carboxylic acids is 1. The van der Waals surface area contributed by atoms with E-state index >= 15 is 0 Å². The third-order valence-corrected chi connectivity index (χ3v) is 4.25. The summed E-state index contributed by atoms with van der Waals surface area (Å²) < 4.78 is 2.83. The number of nitrogens with two attached hydrogens (primary N) is 1. The lowest BCUT2D eigenvalue weighted by Gasteiger charge is -2.02. The van der Waals surface area contributed by atoms with Crippen LogP contribution in [0.1, 0.15) is 42.2 Å². The van der Waals surface area contributed by atoms with E-state index in [-0.39, 0.29) is 0 Å². The topological polar surface area (TPSA) is 76.7 Å². The van der Waals surface area contributed by atoms with Crippen molar-refractivity contribution in [3.63, 3.8) is 0 Å². The van der Waals surface area contributed by atoms with Crippen molar-refractivity contribution in [2.45, 2.75) is 26.2 Å². The Kier molecular flexibility index (Phi) is 5.60. The summed E-state index contributed by atoms with van der Waals surface area (Å²) in [6.45, 7) is 4.41. The molecule has 0 saturated carbocycles. The number of aromatic amines is 1. The number of nitrogens with zero attached hydrogens (tertiary/aromatic N) is 2. The molecule has 0 aliphatic heterocycles. The standard InChI is InChI=1S/C9H7BrN2O.C8H14N2/c10-6-1-2-7-5(3-6)4-8(12-7)9(11)13;1-4-7(2)8-5-9-10(3)6-8/h1-4,12H,(H2,11,13);5-7H,4H2,1-3H3/t;7-/m.0/s1. The van der Waals surface area contributed by atoms with Crippen molar-refractivity contribution in [2.75, 3.05) is 0 Å². The van der Waals surface area contributed by atoms with E-state index < -0.39 is 5.91 Å². The average molecular weight is 377 g/mol. The molecule has 0 bridgehead atoms. The van der Waals surface area contributed by atoms with E-state index in [1.54, 1.807) is 6.07 Å². The molecule has 6 heteroatoms. The second kappa shape index (κ2) is 7.46. The molecule has 122 valence electrons. The maximum Gasteiger partial charge on any atom is 0.265 e. The number of nitrogens with one attached hydrogen (secondary N) is 1. The Hall–Kier alpha value is -2.08. The molecule has 0 spiro atoms. The highest BCUT2D eigenvalue weighted by atomic mass is 79.9. The SMILES string of the molecule is CC[C@H](C)c1cnn(C)c1.NC(=O)c1cc2cc(Br)ccc2[nH]1. The van der Waals surface area contributed by atoms with Crippen LogP contribution in [0.25, 0.3) is 10.9 Å². The number of rotatable bonds is 3. The highest BCUT2D eigenvalue weighted by Gasteiger charge is 2.05. The summed E-state index contributed by atoms with van der Waals surface area (Å²) in [6, 6.07) is 7.47. The van der Waals surface area contributed by atoms with Crippen LogP contribution in [0.2, 0.25) is 0 Å². The van der Waals surface area contributed by atoms with Crippen LogP contribution in [-0.2, 0) is 7.05 Å². The number of benzene rings is 1. The molecule has 0 aliphatic rings. The summed E-state index contributed by atoms with van der Waals surface area (Å²) in [4.78, 5) is 13.8. The predicted octanol–water partition coefficient (Wildman–Crippen LogP) is 3.96. The molecule has 5 nitrogen and oxygen atoms in total. The summed E-state index contributed by atoms with van der Waals surface area (Å²) in [5, 5.41) is 5.08. The molecule has 0 saturated heterocycles. The second-order valence-electron chi connectivity index (χ2n) is 5.54. The number of halogens is 1. The normalized spacial score (nSPS) is 11.8. The van der Waals surface area contributed by atoms with E-state index in [0.717, 1.165) is 15.4 Å². The van der Waals surface area contributed by atoms with Crippen molar-refractivity contribution in [3.05, 3.63) is 52.4 Å². The first-order valence-electron chi connectivity index (χ1n) is 7.47. The number of fused-ring (bicyclic) bond motifs is 1. The Morgan fingerprint density at radius 1 is 1.43 bits per heavy atom. The molecule has 0 fully saturated rings. The van der Waals surface area contributed by atoms with Gasteiger partial charge in [-0.1, -0.05) is 29.8 Å². The van der Waals surface area contributed by atoms with Crippen LogP contribution in [0.4, 0.5) is 0 Å². The predicted molar refractivity (Wildman–Crippen MR) is 96.4 cm³/mol. The first-order valence-corrected chi connectivity index (χ1v) is 8.26. The molecular weight excluding hydrogens is 356 g/mol. The summed E-state index contributed by atoms with van der Waals surface area (Å²) >= 11 is 3.35. The molecule has 2 aromatic heterocycles. The molecule has 1 aromatic carbocycles. The lowest BCUT2D eigenvalue weighted by molar-refractivity contribution is 0.0996. The van der Waals surface area contributed by atoms with Crippen LogP contribution in [-0.4, -0.2) is 20.7 Å². The minimum atomic E-state index is -0.438. The highest BCUT2D eigenvalue weighted by molar-refractivity contribution is 9.10. The van der Waals surface area contributed by atoms with E-state index in [9.17, 15) is 4.79 Å². The van der Waals surface area contributed by atoms with Gasteiger partial charge in [0.1, 0.15) is 5.69 Å². The Morgan fingerprint density at radius 3 is 2.74 bits per heavy atom. The zero-order valence-corrected chi connectivity index (χ0v) is 15.1. The van der Waals surface area contributed by atoms with Crippen molar-refractivity contribution < 1.29 is 4.79 Å². The summed E-state index contributed by atoms with van der Waals surface area (Å²) in [5.74, 6) is 0.209. The maximum absolute atomic E-state index is 10.8. The Labute approximate surface area is 144 Å². The first kappa shape index (κ1) is 17.3. The van der Waals surface area contributed by atoms with E-state index in [4.69, 9.17) is 5.73 Å². The van der Waals surface area contributed by atoms with Gasteiger partial charge in [-0.15, -0.1) is 0 Å². The number of hydrogen-bond donors (Lipinski definition) is 2. The minimum absolute atomic E-state index is 0.438. The summed E-state index contributed by atoms with van der Waals surface area (Å²) in [7, 11) is 1.95. The van der Waals surface area contributed by atoms with Gasteiger partial charge in [-0.2, -0.15) is 5.10 Å². The largest absolute Gasteiger partial charge is 0.364 e. The maximum atomic E-state index is 10.8. The molecule has 0 radical (unpaired) electrons. The van der Waals surface area contributed by atoms with Gasteiger partial charge in [0.15, 0.2) is 0 Å². The van der Waals surface area contributed by atoms with Gasteiger partial charge in [-0.05, 0) is 42.2 Å². The van der Waals surface area contributed by atoms with Crippen molar-refractivity contribution in [1.82, 2.24) is 14.8 Å². The molecule has 0 unspecified atom stereocenters. The third kappa shape index (κ3) is 4.45. The van der Waals surface area contributed by atoms with Crippen LogP contribution in [0.3, 0.4) is 0 Å². The van der Waals surface area contributed by atoms with Crippen molar-refractivity contribution in [2.24, 2.45) is 12.8 Å². The lowest BCUT2D eigenvalue weighted by Crippen LogP contribution is -2.10. The minimum Gasteiger partial charge on any atom is -0.364 e. The molecular formula is C17H21BrN4O. The van der Waals surface area contributed by atoms with Crippen molar-refractivity contribution >= 4 is 32.7 Å². The molecule has 3 aromatic rings. The van der Waals surface area contributed by atoms with E-state index in [2.05, 4.69) is 46.1 Å². The number of amides is 1. The lowest BCUT2D eigenvalue weighted by atomic mass is 10.0. The van der Waals surface area contributed by atoms with Gasteiger partial charge >= 0.3 is 0 Å². The van der Waals surface area contributed by atoms with Gasteiger partial charge in [0, 0.05) is 28.6 Å².